The van der Waals surface area contributed by atoms with E-state index in [2.05, 4.69) is 10.3 Å². The van der Waals surface area contributed by atoms with Gasteiger partial charge in [-0.3, -0.25) is 4.68 Å². The molecular formula is C8H12F3N3O. The number of hydrogen-bond donors (Lipinski definition) is 1. The lowest BCUT2D eigenvalue weighted by Crippen LogP contribution is -2.12. The molecule has 0 bridgehead atoms. The lowest BCUT2D eigenvalue weighted by molar-refractivity contribution is -0.137. The second kappa shape index (κ2) is 4.61. The number of aliphatic hydroxyl groups is 1. The molecule has 0 radical (unpaired) electrons. The van der Waals surface area contributed by atoms with Gasteiger partial charge in [0.25, 0.3) is 0 Å². The molecule has 86 valence electrons. The van der Waals surface area contributed by atoms with Crippen molar-refractivity contribution >= 4 is 0 Å². The second-order valence-electron chi connectivity index (χ2n) is 3.20. The van der Waals surface area contributed by atoms with Gasteiger partial charge < -0.3 is 5.11 Å². The van der Waals surface area contributed by atoms with Crippen LogP contribution in [0.3, 0.4) is 0 Å². The summed E-state index contributed by atoms with van der Waals surface area (Å²) in [6, 6.07) is 0. The molecule has 0 aromatic carbocycles. The van der Waals surface area contributed by atoms with Gasteiger partial charge in [-0.2, -0.15) is 13.2 Å². The van der Waals surface area contributed by atoms with E-state index < -0.39 is 18.7 Å². The molecule has 0 amide bonds. The van der Waals surface area contributed by atoms with Gasteiger partial charge in [0.2, 0.25) is 0 Å². The molecule has 1 atom stereocenters. The number of aromatic nitrogens is 3. The molecular weight excluding hydrogens is 211 g/mol. The van der Waals surface area contributed by atoms with E-state index in [1.807, 2.05) is 0 Å². The van der Waals surface area contributed by atoms with Gasteiger partial charge >= 0.3 is 6.18 Å². The monoisotopic (exact) mass is 223 g/mol. The lowest BCUT2D eigenvalue weighted by Gasteiger charge is -2.04. The normalized spacial score (nSPS) is 14.2. The standard InChI is InChI=1S/C8H12F3N3O/c1-2-7(15)6-5-14(13-12-6)4-3-8(9,10)11/h5,7,15H,2-4H2,1H3. The van der Waals surface area contributed by atoms with E-state index >= 15 is 0 Å². The number of halogens is 3. The van der Waals surface area contributed by atoms with Gasteiger partial charge in [-0.15, -0.1) is 5.10 Å². The topological polar surface area (TPSA) is 50.9 Å². The Balaban J connectivity index is 2.53. The molecule has 0 aliphatic carbocycles. The zero-order chi connectivity index (χ0) is 11.5. The minimum atomic E-state index is -4.20. The quantitative estimate of drug-likeness (QED) is 0.844. The van der Waals surface area contributed by atoms with Gasteiger partial charge in [0, 0.05) is 0 Å². The zero-order valence-electron chi connectivity index (χ0n) is 8.20. The van der Waals surface area contributed by atoms with Gasteiger partial charge in [-0.05, 0) is 6.42 Å². The first-order valence-electron chi connectivity index (χ1n) is 4.57. The molecule has 0 aliphatic heterocycles. The molecule has 1 rings (SSSR count). The summed E-state index contributed by atoms with van der Waals surface area (Å²) in [5.74, 6) is 0. The Morgan fingerprint density at radius 3 is 2.73 bits per heavy atom. The van der Waals surface area contributed by atoms with Crippen LogP contribution in [0, 0.1) is 0 Å². The maximum absolute atomic E-state index is 11.9. The Bertz CT molecular complexity index is 310. The minimum absolute atomic E-state index is 0.271. The molecule has 1 aromatic heterocycles. The largest absolute Gasteiger partial charge is 0.390 e. The molecule has 0 saturated carbocycles. The highest BCUT2D eigenvalue weighted by molar-refractivity contribution is 4.96. The summed E-state index contributed by atoms with van der Waals surface area (Å²) < 4.78 is 36.7. The zero-order valence-corrected chi connectivity index (χ0v) is 8.20. The second-order valence-corrected chi connectivity index (χ2v) is 3.20. The number of alkyl halides is 3. The number of aryl methyl sites for hydroxylation is 1. The first kappa shape index (κ1) is 12.0. The number of aliphatic hydroxyl groups excluding tert-OH is 1. The third kappa shape index (κ3) is 3.86. The van der Waals surface area contributed by atoms with Crippen molar-refractivity contribution in [1.82, 2.24) is 15.0 Å². The average Bonchev–Trinajstić information content (AvgIpc) is 2.61. The van der Waals surface area contributed by atoms with Gasteiger partial charge in [0.15, 0.2) is 0 Å². The summed E-state index contributed by atoms with van der Waals surface area (Å²) in [5, 5.41) is 16.4. The van der Waals surface area contributed by atoms with Gasteiger partial charge in [0.05, 0.1) is 25.3 Å². The van der Waals surface area contributed by atoms with Gasteiger partial charge in [-0.1, -0.05) is 12.1 Å². The molecule has 1 unspecified atom stereocenters. The van der Waals surface area contributed by atoms with Crippen LogP contribution in [-0.4, -0.2) is 26.3 Å². The molecule has 15 heavy (non-hydrogen) atoms. The van der Waals surface area contributed by atoms with E-state index in [0.717, 1.165) is 4.68 Å². The van der Waals surface area contributed by atoms with Crippen molar-refractivity contribution < 1.29 is 18.3 Å². The summed E-state index contributed by atoms with van der Waals surface area (Å²) in [7, 11) is 0. The SMILES string of the molecule is CCC(O)c1cn(CCC(F)(F)F)nn1. The lowest BCUT2D eigenvalue weighted by atomic mass is 10.2. The molecule has 0 aliphatic rings. The van der Waals surface area contributed by atoms with Crippen LogP contribution in [0.4, 0.5) is 13.2 Å². The Morgan fingerprint density at radius 2 is 2.20 bits per heavy atom. The Labute approximate surface area is 84.7 Å². The summed E-state index contributed by atoms with van der Waals surface area (Å²) in [4.78, 5) is 0. The maximum atomic E-state index is 11.9. The first-order valence-corrected chi connectivity index (χ1v) is 4.57. The van der Waals surface area contributed by atoms with Crippen molar-refractivity contribution in [2.45, 2.75) is 38.6 Å². The van der Waals surface area contributed by atoms with Crippen molar-refractivity contribution in [3.05, 3.63) is 11.9 Å². The Hall–Kier alpha value is -1.11. The third-order valence-electron chi connectivity index (χ3n) is 1.91. The Kier molecular flexibility index (Phi) is 3.67. The molecule has 1 heterocycles. The molecule has 0 saturated heterocycles. The summed E-state index contributed by atoms with van der Waals surface area (Å²) >= 11 is 0. The van der Waals surface area contributed by atoms with Crippen LogP contribution in [0.15, 0.2) is 6.20 Å². The fraction of sp³-hybridized carbons (Fsp3) is 0.750. The fourth-order valence-corrected chi connectivity index (χ4v) is 1.03. The highest BCUT2D eigenvalue weighted by atomic mass is 19.4. The Morgan fingerprint density at radius 1 is 1.53 bits per heavy atom. The summed E-state index contributed by atoms with van der Waals surface area (Å²) in [5.41, 5.74) is 0.305. The van der Waals surface area contributed by atoms with E-state index in [9.17, 15) is 18.3 Å². The van der Waals surface area contributed by atoms with Gasteiger partial charge in [-0.25, -0.2) is 0 Å². The van der Waals surface area contributed by atoms with E-state index in [1.165, 1.54) is 6.20 Å². The van der Waals surface area contributed by atoms with Crippen molar-refractivity contribution in [3.8, 4) is 0 Å². The van der Waals surface area contributed by atoms with Crippen LogP contribution in [0.25, 0.3) is 0 Å². The number of rotatable bonds is 4. The van der Waals surface area contributed by atoms with Crippen molar-refractivity contribution in [3.63, 3.8) is 0 Å². The molecule has 1 aromatic rings. The summed E-state index contributed by atoms with van der Waals surface area (Å²) in [6.45, 7) is 1.48. The molecule has 7 heteroatoms. The van der Waals surface area contributed by atoms with Crippen LogP contribution in [0.2, 0.25) is 0 Å². The smallest absolute Gasteiger partial charge is 0.387 e. The van der Waals surface area contributed by atoms with E-state index in [-0.39, 0.29) is 6.54 Å². The molecule has 1 N–H and O–H groups in total. The number of hydrogen-bond acceptors (Lipinski definition) is 3. The highest BCUT2D eigenvalue weighted by Crippen LogP contribution is 2.20. The predicted molar refractivity (Wildman–Crippen MR) is 45.9 cm³/mol. The van der Waals surface area contributed by atoms with E-state index in [1.54, 1.807) is 6.92 Å². The predicted octanol–water partition coefficient (Wildman–Crippen LogP) is 1.67. The van der Waals surface area contributed by atoms with Crippen LogP contribution < -0.4 is 0 Å². The molecule has 0 fully saturated rings. The molecule has 0 spiro atoms. The van der Waals surface area contributed by atoms with Crippen LogP contribution in [-0.2, 0) is 6.54 Å². The average molecular weight is 223 g/mol. The minimum Gasteiger partial charge on any atom is -0.387 e. The van der Waals surface area contributed by atoms with E-state index in [0.29, 0.717) is 12.1 Å². The van der Waals surface area contributed by atoms with Crippen molar-refractivity contribution in [2.75, 3.05) is 0 Å². The first-order chi connectivity index (χ1) is 6.92. The van der Waals surface area contributed by atoms with E-state index in [4.69, 9.17) is 0 Å². The van der Waals surface area contributed by atoms with Crippen molar-refractivity contribution in [1.29, 1.82) is 0 Å². The van der Waals surface area contributed by atoms with Crippen molar-refractivity contribution in [2.24, 2.45) is 0 Å². The fourth-order valence-electron chi connectivity index (χ4n) is 1.03. The highest BCUT2D eigenvalue weighted by Gasteiger charge is 2.27. The van der Waals surface area contributed by atoms with Crippen LogP contribution in [0.5, 0.6) is 0 Å². The third-order valence-corrected chi connectivity index (χ3v) is 1.91. The summed E-state index contributed by atoms with van der Waals surface area (Å²) in [6.07, 6.45) is -4.12. The maximum Gasteiger partial charge on any atom is 0.390 e. The van der Waals surface area contributed by atoms with Gasteiger partial charge in [0.1, 0.15) is 5.69 Å². The number of nitrogens with zero attached hydrogens (tertiary/aromatic N) is 3. The molecule has 4 nitrogen and oxygen atoms in total. The van der Waals surface area contributed by atoms with Crippen LogP contribution in [0.1, 0.15) is 31.6 Å². The van der Waals surface area contributed by atoms with Crippen LogP contribution >= 0.6 is 0 Å².